The molecule has 0 bridgehead atoms. The number of thioether (sulfide) groups is 1. The Balaban J connectivity index is 2.17. The number of imidazole rings is 1. The van der Waals surface area contributed by atoms with Crippen LogP contribution in [0.4, 0.5) is 0 Å². The molecule has 1 aromatic heterocycles. The van der Waals surface area contributed by atoms with Crippen molar-refractivity contribution in [3.8, 4) is 0 Å². The van der Waals surface area contributed by atoms with Crippen LogP contribution in [-0.4, -0.2) is 21.8 Å². The third-order valence-electron chi connectivity index (χ3n) is 2.46. The normalized spacial score (nSPS) is 22.9. The summed E-state index contributed by atoms with van der Waals surface area (Å²) in [4.78, 5) is 4.23. The van der Waals surface area contributed by atoms with Crippen molar-refractivity contribution in [2.45, 2.75) is 31.7 Å². The smallest absolute Gasteiger partial charge is 0.0958 e. The molecule has 4 heteroatoms. The summed E-state index contributed by atoms with van der Waals surface area (Å²) in [5.41, 5.74) is 1.31. The molecule has 1 N–H and O–H groups in total. The standard InChI is InChI=1S/C10H17N3S/c1-8(2)13-7-11-6-9(13)10-12-4-3-5-14-10/h6-8,10,12H,3-5H2,1-2H3. The van der Waals surface area contributed by atoms with E-state index in [1.54, 1.807) is 0 Å². The van der Waals surface area contributed by atoms with Gasteiger partial charge in [0.15, 0.2) is 0 Å². The van der Waals surface area contributed by atoms with Crippen LogP contribution in [0.5, 0.6) is 0 Å². The van der Waals surface area contributed by atoms with Crippen molar-refractivity contribution in [1.82, 2.24) is 14.9 Å². The van der Waals surface area contributed by atoms with Crippen molar-refractivity contribution in [3.05, 3.63) is 18.2 Å². The summed E-state index contributed by atoms with van der Waals surface area (Å²) in [5.74, 6) is 1.25. The highest BCUT2D eigenvalue weighted by atomic mass is 32.2. The summed E-state index contributed by atoms with van der Waals surface area (Å²) in [6.07, 6.45) is 5.18. The second kappa shape index (κ2) is 4.36. The fourth-order valence-electron chi connectivity index (χ4n) is 1.70. The molecule has 1 unspecified atom stereocenters. The van der Waals surface area contributed by atoms with Crippen molar-refractivity contribution < 1.29 is 0 Å². The van der Waals surface area contributed by atoms with Crippen molar-refractivity contribution in [3.63, 3.8) is 0 Å². The van der Waals surface area contributed by atoms with Crippen molar-refractivity contribution in [2.75, 3.05) is 12.3 Å². The topological polar surface area (TPSA) is 29.9 Å². The number of aromatic nitrogens is 2. The Kier molecular flexibility index (Phi) is 3.13. The number of hydrogen-bond donors (Lipinski definition) is 1. The van der Waals surface area contributed by atoms with E-state index in [1.165, 1.54) is 17.9 Å². The Morgan fingerprint density at radius 1 is 1.64 bits per heavy atom. The largest absolute Gasteiger partial charge is 0.330 e. The molecule has 2 heterocycles. The quantitative estimate of drug-likeness (QED) is 0.813. The van der Waals surface area contributed by atoms with Crippen LogP contribution in [0.2, 0.25) is 0 Å². The minimum absolute atomic E-state index is 0.439. The molecule has 0 saturated carbocycles. The number of hydrogen-bond acceptors (Lipinski definition) is 3. The maximum atomic E-state index is 4.23. The highest BCUT2D eigenvalue weighted by Gasteiger charge is 2.19. The Hall–Kier alpha value is -0.480. The Labute approximate surface area is 89.3 Å². The second-order valence-electron chi connectivity index (χ2n) is 3.88. The SMILES string of the molecule is CC(C)n1cncc1C1NCCCS1. The minimum Gasteiger partial charge on any atom is -0.330 e. The first-order chi connectivity index (χ1) is 6.79. The number of nitrogens with one attached hydrogen (secondary N) is 1. The van der Waals surface area contributed by atoms with E-state index in [1.807, 2.05) is 24.3 Å². The summed E-state index contributed by atoms with van der Waals surface area (Å²) in [6, 6.07) is 0.497. The van der Waals surface area contributed by atoms with Gasteiger partial charge in [-0.1, -0.05) is 0 Å². The van der Waals surface area contributed by atoms with Crippen LogP contribution in [0.1, 0.15) is 37.4 Å². The molecular weight excluding hydrogens is 194 g/mol. The molecule has 1 fully saturated rings. The molecule has 14 heavy (non-hydrogen) atoms. The molecule has 2 rings (SSSR count). The predicted molar refractivity (Wildman–Crippen MR) is 60.4 cm³/mol. The Bertz CT molecular complexity index is 289. The molecule has 3 nitrogen and oxygen atoms in total. The van der Waals surface area contributed by atoms with E-state index in [0.29, 0.717) is 11.4 Å². The Morgan fingerprint density at radius 2 is 2.50 bits per heavy atom. The molecule has 0 radical (unpaired) electrons. The fourth-order valence-corrected chi connectivity index (χ4v) is 2.84. The summed E-state index contributed by atoms with van der Waals surface area (Å²) in [6.45, 7) is 5.51. The lowest BCUT2D eigenvalue weighted by molar-refractivity contribution is 0.539. The zero-order chi connectivity index (χ0) is 9.97. The van der Waals surface area contributed by atoms with Crippen LogP contribution in [0, 0.1) is 0 Å². The van der Waals surface area contributed by atoms with Crippen molar-refractivity contribution in [1.29, 1.82) is 0 Å². The monoisotopic (exact) mass is 211 g/mol. The van der Waals surface area contributed by atoms with Gasteiger partial charge in [-0.25, -0.2) is 4.98 Å². The van der Waals surface area contributed by atoms with Gasteiger partial charge in [-0.05, 0) is 32.6 Å². The Morgan fingerprint density at radius 3 is 3.14 bits per heavy atom. The zero-order valence-corrected chi connectivity index (χ0v) is 9.55. The molecular formula is C10H17N3S. The highest BCUT2D eigenvalue weighted by molar-refractivity contribution is 7.99. The summed E-state index contributed by atoms with van der Waals surface area (Å²) in [7, 11) is 0. The molecule has 1 atom stereocenters. The van der Waals surface area contributed by atoms with Crippen LogP contribution in [-0.2, 0) is 0 Å². The average Bonchev–Trinajstić information content (AvgIpc) is 2.67. The lowest BCUT2D eigenvalue weighted by atomic mass is 10.3. The number of rotatable bonds is 2. The third kappa shape index (κ3) is 1.96. The van der Waals surface area contributed by atoms with Gasteiger partial charge in [-0.15, -0.1) is 11.8 Å². The van der Waals surface area contributed by atoms with Crippen LogP contribution in [0.3, 0.4) is 0 Å². The van der Waals surface area contributed by atoms with Gasteiger partial charge >= 0.3 is 0 Å². The van der Waals surface area contributed by atoms with Crippen LogP contribution < -0.4 is 5.32 Å². The van der Waals surface area contributed by atoms with E-state index in [-0.39, 0.29) is 0 Å². The fraction of sp³-hybridized carbons (Fsp3) is 0.700. The van der Waals surface area contributed by atoms with E-state index in [0.717, 1.165) is 6.54 Å². The van der Waals surface area contributed by atoms with Gasteiger partial charge in [-0.2, -0.15) is 0 Å². The molecule has 1 aromatic rings. The second-order valence-corrected chi connectivity index (χ2v) is 5.09. The van der Waals surface area contributed by atoms with Crippen LogP contribution in [0.15, 0.2) is 12.5 Å². The van der Waals surface area contributed by atoms with E-state index in [4.69, 9.17) is 0 Å². The van der Waals surface area contributed by atoms with Gasteiger partial charge in [-0.3, -0.25) is 0 Å². The number of nitrogens with zero attached hydrogens (tertiary/aromatic N) is 2. The lowest BCUT2D eigenvalue weighted by Crippen LogP contribution is -2.27. The first-order valence-corrected chi connectivity index (χ1v) is 6.20. The van der Waals surface area contributed by atoms with Gasteiger partial charge in [0.05, 0.1) is 23.6 Å². The molecule has 1 aliphatic rings. The first kappa shape index (κ1) is 10.1. The molecule has 1 aliphatic heterocycles. The summed E-state index contributed by atoms with van der Waals surface area (Å²) >= 11 is 1.98. The van der Waals surface area contributed by atoms with E-state index >= 15 is 0 Å². The van der Waals surface area contributed by atoms with Crippen molar-refractivity contribution >= 4 is 11.8 Å². The highest BCUT2D eigenvalue weighted by Crippen LogP contribution is 2.30. The third-order valence-corrected chi connectivity index (χ3v) is 3.72. The molecule has 0 amide bonds. The average molecular weight is 211 g/mol. The summed E-state index contributed by atoms with van der Waals surface area (Å²) in [5, 5.41) is 3.96. The predicted octanol–water partition coefficient (Wildman–Crippen LogP) is 2.19. The molecule has 0 spiro atoms. The van der Waals surface area contributed by atoms with E-state index < -0.39 is 0 Å². The van der Waals surface area contributed by atoms with Gasteiger partial charge in [0, 0.05) is 6.04 Å². The maximum absolute atomic E-state index is 4.23. The molecule has 0 aromatic carbocycles. The maximum Gasteiger partial charge on any atom is 0.0958 e. The minimum atomic E-state index is 0.439. The van der Waals surface area contributed by atoms with Gasteiger partial charge in [0.25, 0.3) is 0 Å². The molecule has 0 aliphatic carbocycles. The van der Waals surface area contributed by atoms with Crippen LogP contribution in [0.25, 0.3) is 0 Å². The van der Waals surface area contributed by atoms with Gasteiger partial charge in [0.1, 0.15) is 0 Å². The van der Waals surface area contributed by atoms with Crippen molar-refractivity contribution in [2.24, 2.45) is 0 Å². The molecule has 1 saturated heterocycles. The van der Waals surface area contributed by atoms with E-state index in [2.05, 4.69) is 28.7 Å². The summed E-state index contributed by atoms with van der Waals surface area (Å²) < 4.78 is 2.25. The molecule has 78 valence electrons. The van der Waals surface area contributed by atoms with Gasteiger partial charge in [0.2, 0.25) is 0 Å². The lowest BCUT2D eigenvalue weighted by Gasteiger charge is -2.25. The zero-order valence-electron chi connectivity index (χ0n) is 8.73. The van der Waals surface area contributed by atoms with Crippen LogP contribution >= 0.6 is 11.8 Å². The van der Waals surface area contributed by atoms with E-state index in [9.17, 15) is 0 Å². The first-order valence-electron chi connectivity index (χ1n) is 5.16. The van der Waals surface area contributed by atoms with Gasteiger partial charge < -0.3 is 9.88 Å².